The third-order valence-electron chi connectivity index (χ3n) is 3.66. The SMILES string of the molecule is CC(=O)c1ccc(S(=O)(=O)NC2(C)CCCC2)cc1. The van der Waals surface area contributed by atoms with E-state index >= 15 is 0 Å². The maximum Gasteiger partial charge on any atom is 0.241 e. The summed E-state index contributed by atoms with van der Waals surface area (Å²) >= 11 is 0. The maximum absolute atomic E-state index is 12.3. The summed E-state index contributed by atoms with van der Waals surface area (Å²) in [7, 11) is -3.51. The minimum absolute atomic E-state index is 0.0698. The Morgan fingerprint density at radius 2 is 1.68 bits per heavy atom. The minimum atomic E-state index is -3.51. The highest BCUT2D eigenvalue weighted by Gasteiger charge is 2.33. The highest BCUT2D eigenvalue weighted by Crippen LogP contribution is 2.30. The molecule has 1 aliphatic carbocycles. The van der Waals surface area contributed by atoms with Gasteiger partial charge in [0.25, 0.3) is 0 Å². The second-order valence-electron chi connectivity index (χ2n) is 5.45. The first kappa shape index (κ1) is 14.2. The predicted molar refractivity (Wildman–Crippen MR) is 73.6 cm³/mol. The van der Waals surface area contributed by atoms with Crippen molar-refractivity contribution in [2.24, 2.45) is 0 Å². The molecule has 0 amide bonds. The summed E-state index contributed by atoms with van der Waals surface area (Å²) in [5.41, 5.74) is 0.184. The van der Waals surface area contributed by atoms with Gasteiger partial charge in [-0.25, -0.2) is 13.1 Å². The van der Waals surface area contributed by atoms with Crippen LogP contribution in [-0.2, 0) is 10.0 Å². The Kier molecular flexibility index (Phi) is 3.78. The zero-order valence-corrected chi connectivity index (χ0v) is 12.1. The largest absolute Gasteiger partial charge is 0.295 e. The molecule has 0 aliphatic heterocycles. The molecule has 0 bridgehead atoms. The molecule has 104 valence electrons. The molecule has 4 nitrogen and oxygen atoms in total. The number of ketones is 1. The highest BCUT2D eigenvalue weighted by molar-refractivity contribution is 7.89. The molecule has 1 fully saturated rings. The van der Waals surface area contributed by atoms with Crippen molar-refractivity contribution in [3.63, 3.8) is 0 Å². The van der Waals surface area contributed by atoms with Crippen LogP contribution in [0.4, 0.5) is 0 Å². The summed E-state index contributed by atoms with van der Waals surface area (Å²) in [6.07, 6.45) is 3.86. The van der Waals surface area contributed by atoms with Crippen molar-refractivity contribution >= 4 is 15.8 Å². The highest BCUT2D eigenvalue weighted by atomic mass is 32.2. The topological polar surface area (TPSA) is 63.2 Å². The molecule has 0 spiro atoms. The van der Waals surface area contributed by atoms with E-state index in [1.165, 1.54) is 19.1 Å². The second kappa shape index (κ2) is 5.06. The van der Waals surface area contributed by atoms with Crippen molar-refractivity contribution in [2.75, 3.05) is 0 Å². The van der Waals surface area contributed by atoms with Crippen molar-refractivity contribution in [2.45, 2.75) is 50.0 Å². The Hall–Kier alpha value is -1.20. The van der Waals surface area contributed by atoms with Crippen LogP contribution in [0.15, 0.2) is 29.2 Å². The predicted octanol–water partition coefficient (Wildman–Crippen LogP) is 2.50. The van der Waals surface area contributed by atoms with Crippen LogP contribution in [0.25, 0.3) is 0 Å². The number of carbonyl (C=O) groups is 1. The van der Waals surface area contributed by atoms with Gasteiger partial charge in [-0.1, -0.05) is 25.0 Å². The first-order valence-corrected chi connectivity index (χ1v) is 7.96. The van der Waals surface area contributed by atoms with E-state index in [-0.39, 0.29) is 16.2 Å². The molecule has 0 unspecified atom stereocenters. The summed E-state index contributed by atoms with van der Waals surface area (Å²) in [5, 5.41) is 0. The van der Waals surface area contributed by atoms with E-state index in [1.54, 1.807) is 12.1 Å². The molecule has 19 heavy (non-hydrogen) atoms. The van der Waals surface area contributed by atoms with Crippen molar-refractivity contribution in [3.8, 4) is 0 Å². The quantitative estimate of drug-likeness (QED) is 0.862. The van der Waals surface area contributed by atoms with Crippen molar-refractivity contribution in [1.29, 1.82) is 0 Å². The van der Waals surface area contributed by atoms with Crippen LogP contribution in [0.3, 0.4) is 0 Å². The van der Waals surface area contributed by atoms with Crippen LogP contribution < -0.4 is 4.72 Å². The van der Waals surface area contributed by atoms with Crippen LogP contribution in [-0.4, -0.2) is 19.7 Å². The third kappa shape index (κ3) is 3.22. The van der Waals surface area contributed by atoms with Gasteiger partial charge in [-0.2, -0.15) is 0 Å². The monoisotopic (exact) mass is 281 g/mol. The number of benzene rings is 1. The first-order valence-electron chi connectivity index (χ1n) is 6.47. The number of Topliss-reactive ketones (excluding diaryl/α,β-unsaturated/α-hetero) is 1. The van der Waals surface area contributed by atoms with E-state index in [4.69, 9.17) is 0 Å². The Morgan fingerprint density at radius 1 is 1.16 bits per heavy atom. The molecule has 1 aliphatic rings. The van der Waals surface area contributed by atoms with E-state index in [0.29, 0.717) is 5.56 Å². The summed E-state index contributed by atoms with van der Waals surface area (Å²) in [4.78, 5) is 11.4. The first-order chi connectivity index (χ1) is 8.82. The van der Waals surface area contributed by atoms with Crippen molar-refractivity contribution in [1.82, 2.24) is 4.72 Å². The smallest absolute Gasteiger partial charge is 0.241 e. The molecule has 0 radical (unpaired) electrons. The molecule has 1 aromatic carbocycles. The normalized spacial score (nSPS) is 18.4. The molecule has 5 heteroatoms. The molecule has 1 N–H and O–H groups in total. The standard InChI is InChI=1S/C14H19NO3S/c1-11(16)12-5-7-13(8-6-12)19(17,18)15-14(2)9-3-4-10-14/h5-8,15H,3-4,9-10H2,1-2H3. The molecule has 0 atom stereocenters. The number of hydrogen-bond donors (Lipinski definition) is 1. The van der Waals surface area contributed by atoms with Gasteiger partial charge in [-0.05, 0) is 38.8 Å². The van der Waals surface area contributed by atoms with Gasteiger partial charge in [0.15, 0.2) is 5.78 Å². The molecule has 0 aromatic heterocycles. The number of rotatable bonds is 4. The average molecular weight is 281 g/mol. The van der Waals surface area contributed by atoms with Gasteiger partial charge >= 0.3 is 0 Å². The van der Waals surface area contributed by atoms with Crippen LogP contribution in [0, 0.1) is 0 Å². The molecule has 2 rings (SSSR count). The molecule has 1 aromatic rings. The molecular weight excluding hydrogens is 262 g/mol. The lowest BCUT2D eigenvalue weighted by Gasteiger charge is -2.24. The lowest BCUT2D eigenvalue weighted by Crippen LogP contribution is -2.43. The molecule has 0 saturated heterocycles. The summed E-state index contributed by atoms with van der Waals surface area (Å²) < 4.78 is 27.3. The van der Waals surface area contributed by atoms with E-state index in [0.717, 1.165) is 25.7 Å². The minimum Gasteiger partial charge on any atom is -0.295 e. The molecular formula is C14H19NO3S. The van der Waals surface area contributed by atoms with Crippen LogP contribution in [0.2, 0.25) is 0 Å². The zero-order chi connectivity index (χ0) is 14.1. The van der Waals surface area contributed by atoms with Gasteiger partial charge in [0.05, 0.1) is 4.90 Å². The number of carbonyl (C=O) groups excluding carboxylic acids is 1. The fraction of sp³-hybridized carbons (Fsp3) is 0.500. The Morgan fingerprint density at radius 3 is 2.16 bits per heavy atom. The van der Waals surface area contributed by atoms with Crippen LogP contribution in [0.1, 0.15) is 49.9 Å². The molecule has 0 heterocycles. The average Bonchev–Trinajstić information content (AvgIpc) is 2.75. The Bertz CT molecular complexity index is 569. The number of hydrogen-bond acceptors (Lipinski definition) is 3. The second-order valence-corrected chi connectivity index (χ2v) is 7.14. The fourth-order valence-corrected chi connectivity index (χ4v) is 3.97. The van der Waals surface area contributed by atoms with E-state index < -0.39 is 10.0 Å². The van der Waals surface area contributed by atoms with Gasteiger partial charge in [0.2, 0.25) is 10.0 Å². The van der Waals surface area contributed by atoms with Crippen molar-refractivity contribution in [3.05, 3.63) is 29.8 Å². The van der Waals surface area contributed by atoms with Gasteiger partial charge < -0.3 is 0 Å². The maximum atomic E-state index is 12.3. The Labute approximate surface area is 114 Å². The van der Waals surface area contributed by atoms with Gasteiger partial charge in [0.1, 0.15) is 0 Å². The van der Waals surface area contributed by atoms with Gasteiger partial charge in [-0.3, -0.25) is 4.79 Å². The van der Waals surface area contributed by atoms with Gasteiger partial charge in [0, 0.05) is 11.1 Å². The Balaban J connectivity index is 2.22. The lowest BCUT2D eigenvalue weighted by atomic mass is 10.0. The summed E-state index contributed by atoms with van der Waals surface area (Å²) in [5.74, 6) is -0.0698. The fourth-order valence-electron chi connectivity index (χ4n) is 2.51. The number of nitrogens with one attached hydrogen (secondary N) is 1. The van der Waals surface area contributed by atoms with E-state index in [2.05, 4.69) is 4.72 Å². The summed E-state index contributed by atoms with van der Waals surface area (Å²) in [6.45, 7) is 3.41. The third-order valence-corrected chi connectivity index (χ3v) is 5.31. The van der Waals surface area contributed by atoms with Crippen LogP contribution >= 0.6 is 0 Å². The van der Waals surface area contributed by atoms with Crippen LogP contribution in [0.5, 0.6) is 0 Å². The van der Waals surface area contributed by atoms with E-state index in [1.807, 2.05) is 6.92 Å². The molecule has 1 saturated carbocycles. The number of sulfonamides is 1. The van der Waals surface area contributed by atoms with Gasteiger partial charge in [-0.15, -0.1) is 0 Å². The summed E-state index contributed by atoms with van der Waals surface area (Å²) in [6, 6.07) is 6.07. The zero-order valence-electron chi connectivity index (χ0n) is 11.3. The van der Waals surface area contributed by atoms with Crippen molar-refractivity contribution < 1.29 is 13.2 Å². The van der Waals surface area contributed by atoms with E-state index in [9.17, 15) is 13.2 Å². The lowest BCUT2D eigenvalue weighted by molar-refractivity contribution is 0.101.